The predicted molar refractivity (Wildman–Crippen MR) is 94.6 cm³/mol. The van der Waals surface area contributed by atoms with E-state index in [0.29, 0.717) is 22.4 Å². The Morgan fingerprint density at radius 3 is 2.32 bits per heavy atom. The minimum Gasteiger partial charge on any atom is -0.497 e. The highest BCUT2D eigenvalue weighted by molar-refractivity contribution is 7.87. The Hall–Kier alpha value is -2.99. The minimum atomic E-state index is -5.86. The van der Waals surface area contributed by atoms with E-state index in [1.807, 2.05) is 0 Å². The van der Waals surface area contributed by atoms with Gasteiger partial charge in [-0.1, -0.05) is 36.4 Å². The number of rotatable bonds is 5. The third-order valence-electron chi connectivity index (χ3n) is 4.37. The first kappa shape index (κ1) is 19.8. The fourth-order valence-electron chi connectivity index (χ4n) is 3.07. The number of allylic oxidation sites excluding steroid dienone is 1. The molecular formula is C19H14F3NO4S. The summed E-state index contributed by atoms with van der Waals surface area (Å²) in [6, 6.07) is 15.0. The molecule has 0 N–H and O–H groups in total. The van der Waals surface area contributed by atoms with Crippen LogP contribution in [0.25, 0.3) is 6.08 Å². The Kier molecular flexibility index (Phi) is 5.08. The lowest BCUT2D eigenvalue weighted by atomic mass is 9.83. The Morgan fingerprint density at radius 1 is 1.11 bits per heavy atom. The first-order chi connectivity index (χ1) is 13.2. The van der Waals surface area contributed by atoms with Gasteiger partial charge in [0, 0.05) is 0 Å². The highest BCUT2D eigenvalue weighted by Crippen LogP contribution is 2.47. The average Bonchev–Trinajstić information content (AvgIpc) is 2.99. The largest absolute Gasteiger partial charge is 0.534 e. The van der Waals surface area contributed by atoms with Crippen LogP contribution in [0.3, 0.4) is 0 Å². The number of alkyl halides is 3. The fraction of sp³-hybridized carbons (Fsp3) is 0.211. The second-order valence-electron chi connectivity index (χ2n) is 6.02. The van der Waals surface area contributed by atoms with Gasteiger partial charge >= 0.3 is 15.6 Å². The first-order valence-electron chi connectivity index (χ1n) is 8.03. The molecule has 0 heterocycles. The van der Waals surface area contributed by atoms with Crippen molar-refractivity contribution in [1.82, 2.24) is 0 Å². The van der Waals surface area contributed by atoms with Gasteiger partial charge in [-0.05, 0) is 34.9 Å². The zero-order chi connectivity index (χ0) is 20.5. The number of halogens is 3. The molecule has 0 aromatic heterocycles. The van der Waals surface area contributed by atoms with E-state index < -0.39 is 33.2 Å². The predicted octanol–water partition coefficient (Wildman–Crippen LogP) is 4.31. The number of fused-ring (bicyclic) bond motifs is 1. The molecule has 2 unspecified atom stereocenters. The van der Waals surface area contributed by atoms with Gasteiger partial charge in [-0.15, -0.1) is 0 Å². The summed E-state index contributed by atoms with van der Waals surface area (Å²) >= 11 is 0. The standard InChI is InChI=1S/C19H14F3NO4S/c1-26-14-8-6-12(7-9-14)16(11-23)18-15-5-3-2-4-13(15)10-17(18)27-28(24,25)19(20,21)22/h2-10,16,18H,1H3. The molecule has 2 aromatic rings. The van der Waals surface area contributed by atoms with Crippen molar-refractivity contribution in [3.05, 3.63) is 71.0 Å². The summed E-state index contributed by atoms with van der Waals surface area (Å²) in [5.41, 5.74) is -4.08. The molecule has 0 fully saturated rings. The molecule has 1 aliphatic rings. The van der Waals surface area contributed by atoms with Crippen molar-refractivity contribution < 1.29 is 30.5 Å². The molecule has 0 radical (unpaired) electrons. The maximum atomic E-state index is 12.8. The van der Waals surface area contributed by atoms with Crippen LogP contribution in [0, 0.1) is 11.3 Å². The van der Waals surface area contributed by atoms with Gasteiger partial charge in [0.25, 0.3) is 0 Å². The molecule has 5 nitrogen and oxygen atoms in total. The molecule has 0 spiro atoms. The smallest absolute Gasteiger partial charge is 0.497 e. The second kappa shape index (κ2) is 7.20. The Labute approximate surface area is 159 Å². The average molecular weight is 409 g/mol. The van der Waals surface area contributed by atoms with Crippen LogP contribution in [0.2, 0.25) is 0 Å². The Balaban J connectivity index is 2.06. The number of hydrogen-bond acceptors (Lipinski definition) is 5. The van der Waals surface area contributed by atoms with Crippen LogP contribution in [0.1, 0.15) is 28.5 Å². The molecule has 2 aromatic carbocycles. The summed E-state index contributed by atoms with van der Waals surface area (Å²) in [6.45, 7) is 0. The van der Waals surface area contributed by atoms with E-state index in [1.165, 1.54) is 13.2 Å². The fourth-order valence-corrected chi connectivity index (χ4v) is 3.57. The van der Waals surface area contributed by atoms with Gasteiger partial charge in [0.1, 0.15) is 11.5 Å². The quantitative estimate of drug-likeness (QED) is 0.543. The van der Waals surface area contributed by atoms with Gasteiger partial charge in [0.2, 0.25) is 0 Å². The Morgan fingerprint density at radius 2 is 1.75 bits per heavy atom. The molecule has 0 aliphatic heterocycles. The SMILES string of the molecule is COc1ccc(C(C#N)C2C(OS(=O)(=O)C(F)(F)F)=Cc3ccccc32)cc1. The van der Waals surface area contributed by atoms with Crippen molar-refractivity contribution in [3.8, 4) is 11.8 Å². The van der Waals surface area contributed by atoms with Crippen LogP contribution in [-0.4, -0.2) is 21.0 Å². The highest BCUT2D eigenvalue weighted by Gasteiger charge is 2.50. The maximum absolute atomic E-state index is 12.8. The van der Waals surface area contributed by atoms with E-state index in [-0.39, 0.29) is 0 Å². The highest BCUT2D eigenvalue weighted by atomic mass is 32.2. The number of nitrogens with zero attached hydrogens (tertiary/aromatic N) is 1. The van der Waals surface area contributed by atoms with Crippen molar-refractivity contribution in [1.29, 1.82) is 5.26 Å². The van der Waals surface area contributed by atoms with Gasteiger partial charge in [0.15, 0.2) is 0 Å². The molecule has 1 aliphatic carbocycles. The number of methoxy groups -OCH3 is 1. The van der Waals surface area contributed by atoms with E-state index >= 15 is 0 Å². The van der Waals surface area contributed by atoms with Gasteiger partial charge < -0.3 is 8.92 Å². The van der Waals surface area contributed by atoms with Crippen LogP contribution in [0.5, 0.6) is 5.75 Å². The summed E-state index contributed by atoms with van der Waals surface area (Å²) in [7, 11) is -4.39. The number of nitriles is 1. The summed E-state index contributed by atoms with van der Waals surface area (Å²) in [5, 5.41) is 9.73. The third kappa shape index (κ3) is 3.55. The molecule has 0 bridgehead atoms. The molecule has 28 heavy (non-hydrogen) atoms. The molecule has 9 heteroatoms. The van der Waals surface area contributed by atoms with Gasteiger partial charge in [-0.3, -0.25) is 0 Å². The molecule has 2 atom stereocenters. The summed E-state index contributed by atoms with van der Waals surface area (Å²) < 4.78 is 71.0. The number of ether oxygens (including phenoxy) is 1. The van der Waals surface area contributed by atoms with Crippen molar-refractivity contribution >= 4 is 16.2 Å². The normalized spacial score (nSPS) is 17.2. The zero-order valence-corrected chi connectivity index (χ0v) is 15.3. The lowest BCUT2D eigenvalue weighted by Gasteiger charge is -2.22. The summed E-state index contributed by atoms with van der Waals surface area (Å²) in [6.07, 6.45) is 1.22. The van der Waals surface area contributed by atoms with Crippen LogP contribution in [-0.2, 0) is 14.3 Å². The van der Waals surface area contributed by atoms with Crippen molar-refractivity contribution in [2.24, 2.45) is 0 Å². The molecule has 146 valence electrons. The van der Waals surface area contributed by atoms with Crippen molar-refractivity contribution in [2.45, 2.75) is 17.3 Å². The van der Waals surface area contributed by atoms with Crippen LogP contribution in [0.4, 0.5) is 13.2 Å². The maximum Gasteiger partial charge on any atom is 0.534 e. The molecule has 0 saturated heterocycles. The third-order valence-corrected chi connectivity index (χ3v) is 5.35. The topological polar surface area (TPSA) is 76.4 Å². The minimum absolute atomic E-state index is 0.444. The van der Waals surface area contributed by atoms with E-state index in [2.05, 4.69) is 10.3 Å². The van der Waals surface area contributed by atoms with Crippen LogP contribution < -0.4 is 4.74 Å². The van der Waals surface area contributed by atoms with Crippen molar-refractivity contribution in [3.63, 3.8) is 0 Å². The van der Waals surface area contributed by atoms with Crippen LogP contribution >= 0.6 is 0 Å². The van der Waals surface area contributed by atoms with Crippen molar-refractivity contribution in [2.75, 3.05) is 7.11 Å². The zero-order valence-electron chi connectivity index (χ0n) is 14.5. The van der Waals surface area contributed by atoms with E-state index in [9.17, 15) is 26.9 Å². The van der Waals surface area contributed by atoms with Gasteiger partial charge in [-0.2, -0.15) is 26.9 Å². The van der Waals surface area contributed by atoms with E-state index in [0.717, 1.165) is 0 Å². The summed E-state index contributed by atoms with van der Waals surface area (Å²) in [5.74, 6) is -1.88. The van der Waals surface area contributed by atoms with Gasteiger partial charge in [-0.25, -0.2) is 0 Å². The lowest BCUT2D eigenvalue weighted by molar-refractivity contribution is -0.0524. The van der Waals surface area contributed by atoms with Gasteiger partial charge in [0.05, 0.1) is 25.0 Å². The van der Waals surface area contributed by atoms with Crippen LogP contribution in [0.15, 0.2) is 54.3 Å². The number of benzene rings is 2. The second-order valence-corrected chi connectivity index (χ2v) is 7.55. The lowest BCUT2D eigenvalue weighted by Crippen LogP contribution is -2.26. The summed E-state index contributed by atoms with van der Waals surface area (Å²) in [4.78, 5) is 0. The molecular weight excluding hydrogens is 395 g/mol. The molecule has 3 rings (SSSR count). The molecule has 0 saturated carbocycles. The van der Waals surface area contributed by atoms with E-state index in [1.54, 1.807) is 48.5 Å². The first-order valence-corrected chi connectivity index (χ1v) is 9.43. The molecule has 0 amide bonds. The monoisotopic (exact) mass is 409 g/mol. The number of hydrogen-bond donors (Lipinski definition) is 0. The Bertz CT molecular complexity index is 1050. The van der Waals surface area contributed by atoms with E-state index in [4.69, 9.17) is 4.74 Å².